The van der Waals surface area contributed by atoms with E-state index in [2.05, 4.69) is 15.3 Å². The van der Waals surface area contributed by atoms with Crippen LogP contribution in [0.4, 0.5) is 5.95 Å². The number of fused-ring (bicyclic) bond motifs is 1. The minimum atomic E-state index is -1.07. The maximum absolute atomic E-state index is 12.4. The number of anilines is 1. The molecule has 2 heterocycles. The van der Waals surface area contributed by atoms with Gasteiger partial charge in [0.1, 0.15) is 17.4 Å². The number of H-pyrrole nitrogens is 1. The van der Waals surface area contributed by atoms with Gasteiger partial charge in [0.25, 0.3) is 0 Å². The molecule has 5 N–H and O–H groups in total. The van der Waals surface area contributed by atoms with Gasteiger partial charge in [0.15, 0.2) is 11.4 Å². The van der Waals surface area contributed by atoms with Crippen LogP contribution < -0.4 is 16.5 Å². The number of nitrogens with zero attached hydrogens (tertiary/aromatic N) is 1. The maximum atomic E-state index is 12.4. The van der Waals surface area contributed by atoms with Crippen molar-refractivity contribution in [2.45, 2.75) is 46.6 Å². The monoisotopic (exact) mass is 402 g/mol. The fourth-order valence-electron chi connectivity index (χ4n) is 2.68. The number of hydrogen-bond acceptors (Lipinski definition) is 6. The van der Waals surface area contributed by atoms with Crippen LogP contribution in [0.5, 0.6) is 0 Å². The van der Waals surface area contributed by atoms with Crippen molar-refractivity contribution in [2.75, 3.05) is 11.9 Å². The molecular formula is C21H30N4O4. The van der Waals surface area contributed by atoms with Crippen molar-refractivity contribution in [3.05, 3.63) is 58.2 Å². The Hall–Kier alpha value is -3.13. The van der Waals surface area contributed by atoms with Crippen molar-refractivity contribution in [1.82, 2.24) is 9.97 Å². The molecule has 0 saturated heterocycles. The minimum Gasteiger partial charge on any atom is -0.480 e. The second-order valence-corrected chi connectivity index (χ2v) is 6.02. The Kier molecular flexibility index (Phi) is 9.61. The lowest BCUT2D eigenvalue weighted by Crippen LogP contribution is -2.32. The first kappa shape index (κ1) is 23.9. The molecule has 0 bridgehead atoms. The highest BCUT2D eigenvalue weighted by molar-refractivity contribution is 5.78. The van der Waals surface area contributed by atoms with Crippen molar-refractivity contribution in [3.8, 4) is 0 Å². The van der Waals surface area contributed by atoms with Crippen LogP contribution in [-0.4, -0.2) is 33.6 Å². The van der Waals surface area contributed by atoms with E-state index in [1.165, 1.54) is 6.07 Å². The molecule has 8 nitrogen and oxygen atoms in total. The Balaban J connectivity index is 0.00000136. The highest BCUT2D eigenvalue weighted by Crippen LogP contribution is 2.16. The molecule has 1 atom stereocenters. The van der Waals surface area contributed by atoms with Gasteiger partial charge in [-0.2, -0.15) is 0 Å². The summed E-state index contributed by atoms with van der Waals surface area (Å²) in [5.74, 6) is 0.242. The van der Waals surface area contributed by atoms with Crippen LogP contribution in [0.15, 0.2) is 45.9 Å². The van der Waals surface area contributed by atoms with Gasteiger partial charge in [-0.3, -0.25) is 9.59 Å². The minimum absolute atomic E-state index is 0. The van der Waals surface area contributed by atoms with Crippen molar-refractivity contribution in [2.24, 2.45) is 5.73 Å². The number of aromatic amines is 1. The third-order valence-corrected chi connectivity index (χ3v) is 4.01. The van der Waals surface area contributed by atoms with Gasteiger partial charge in [0, 0.05) is 31.4 Å². The van der Waals surface area contributed by atoms with E-state index in [1.807, 2.05) is 13.8 Å². The van der Waals surface area contributed by atoms with E-state index in [-0.39, 0.29) is 19.3 Å². The first-order valence-electron chi connectivity index (χ1n) is 9.30. The molecule has 0 aliphatic rings. The third-order valence-electron chi connectivity index (χ3n) is 4.01. The Morgan fingerprint density at radius 1 is 1.34 bits per heavy atom. The zero-order valence-electron chi connectivity index (χ0n) is 16.1. The first-order valence-corrected chi connectivity index (χ1v) is 9.30. The summed E-state index contributed by atoms with van der Waals surface area (Å²) in [5, 5.41) is 12.5. The summed E-state index contributed by atoms with van der Waals surface area (Å²) in [6.45, 7) is 4.70. The van der Waals surface area contributed by atoms with Crippen LogP contribution in [0, 0.1) is 0 Å². The molecule has 158 valence electrons. The fraction of sp³-hybridized carbons (Fsp3) is 0.381. The molecule has 0 spiro atoms. The van der Waals surface area contributed by atoms with Gasteiger partial charge < -0.3 is 25.6 Å². The molecule has 2 aromatic heterocycles. The Labute approximate surface area is 170 Å². The fourth-order valence-corrected chi connectivity index (χ4v) is 2.68. The summed E-state index contributed by atoms with van der Waals surface area (Å²) in [7, 11) is 0. The van der Waals surface area contributed by atoms with Crippen molar-refractivity contribution < 1.29 is 14.3 Å². The summed E-state index contributed by atoms with van der Waals surface area (Å²) in [4.78, 5) is 30.2. The Morgan fingerprint density at radius 2 is 2.10 bits per heavy atom. The predicted octanol–water partition coefficient (Wildman–Crippen LogP) is 3.18. The summed E-state index contributed by atoms with van der Waals surface area (Å²) < 4.78 is 5.79. The van der Waals surface area contributed by atoms with Gasteiger partial charge in [-0.05, 0) is 30.5 Å². The number of benzene rings is 1. The largest absolute Gasteiger partial charge is 0.480 e. The quantitative estimate of drug-likeness (QED) is 0.425. The Bertz CT molecular complexity index is 951. The van der Waals surface area contributed by atoms with Crippen molar-refractivity contribution in [3.63, 3.8) is 0 Å². The van der Waals surface area contributed by atoms with E-state index in [9.17, 15) is 9.59 Å². The van der Waals surface area contributed by atoms with Crippen LogP contribution in [0.3, 0.4) is 0 Å². The number of hydrogen-bond donors (Lipinski definition) is 4. The number of carbonyl (C=O) groups is 1. The molecule has 29 heavy (non-hydrogen) atoms. The van der Waals surface area contributed by atoms with Gasteiger partial charge in [0.05, 0.1) is 5.39 Å². The topological polar surface area (TPSA) is 134 Å². The lowest BCUT2D eigenvalue weighted by Gasteiger charge is -2.08. The highest BCUT2D eigenvalue weighted by Gasteiger charge is 2.13. The summed E-state index contributed by atoms with van der Waals surface area (Å²) >= 11 is 0. The maximum Gasteiger partial charge on any atom is 0.320 e. The third kappa shape index (κ3) is 6.76. The summed E-state index contributed by atoms with van der Waals surface area (Å²) in [5.41, 5.74) is 6.57. The lowest BCUT2D eigenvalue weighted by atomic mass is 10.0. The highest BCUT2D eigenvalue weighted by atomic mass is 16.4. The van der Waals surface area contributed by atoms with Crippen LogP contribution in [0.2, 0.25) is 0 Å². The molecule has 3 aromatic rings. The molecule has 1 unspecified atom stereocenters. The van der Waals surface area contributed by atoms with Gasteiger partial charge in [-0.15, -0.1) is 0 Å². The molecule has 8 heteroatoms. The molecule has 0 fully saturated rings. The summed E-state index contributed by atoms with van der Waals surface area (Å²) in [6.07, 6.45) is 4.96. The molecule has 0 aliphatic carbocycles. The SMILES string of the molecule is C.CC.NC(Cc1ccc2oc(CCCNc3ncc[nH]3)cc(=O)c2c1)C(=O)O. The number of nitrogens with two attached hydrogens (primary N) is 1. The van der Waals surface area contributed by atoms with E-state index in [4.69, 9.17) is 15.3 Å². The average Bonchev–Trinajstić information content (AvgIpc) is 3.21. The van der Waals surface area contributed by atoms with E-state index in [0.29, 0.717) is 41.2 Å². The van der Waals surface area contributed by atoms with Gasteiger partial charge >= 0.3 is 5.97 Å². The molecule has 3 rings (SSSR count). The number of aryl methyl sites for hydroxylation is 1. The molecule has 0 amide bonds. The number of carboxylic acids is 1. The standard InChI is InChI=1S/C18H20N4O4.C2H6.CH4/c19-14(17(24)25)9-11-3-4-16-13(8-11)15(23)10-12(26-16)2-1-5-20-18-21-6-7-22-18;1-2;/h3-4,6-8,10,14H,1-2,5,9,19H2,(H,24,25)(H2,20,21,22);1-2H3;1H4. The second kappa shape index (κ2) is 11.7. The first-order chi connectivity index (χ1) is 13.5. The number of carboxylic acid groups (broad SMARTS) is 1. The van der Waals surface area contributed by atoms with Gasteiger partial charge in [-0.1, -0.05) is 27.3 Å². The number of aromatic nitrogens is 2. The van der Waals surface area contributed by atoms with Crippen molar-refractivity contribution in [1.29, 1.82) is 0 Å². The van der Waals surface area contributed by atoms with E-state index >= 15 is 0 Å². The Morgan fingerprint density at radius 3 is 2.76 bits per heavy atom. The number of aliphatic carboxylic acids is 1. The predicted molar refractivity (Wildman–Crippen MR) is 115 cm³/mol. The van der Waals surface area contributed by atoms with Crippen LogP contribution >= 0.6 is 0 Å². The van der Waals surface area contributed by atoms with Crippen LogP contribution in [-0.2, 0) is 17.6 Å². The van der Waals surface area contributed by atoms with Crippen LogP contribution in [0.25, 0.3) is 11.0 Å². The molecular weight excluding hydrogens is 372 g/mol. The van der Waals surface area contributed by atoms with Crippen molar-refractivity contribution >= 4 is 22.9 Å². The second-order valence-electron chi connectivity index (χ2n) is 6.02. The number of rotatable bonds is 8. The van der Waals surface area contributed by atoms with E-state index < -0.39 is 12.0 Å². The van der Waals surface area contributed by atoms with E-state index in [1.54, 1.807) is 30.6 Å². The number of nitrogens with one attached hydrogen (secondary N) is 2. The molecule has 1 aromatic carbocycles. The molecule has 0 aliphatic heterocycles. The zero-order valence-corrected chi connectivity index (χ0v) is 16.1. The smallest absolute Gasteiger partial charge is 0.320 e. The molecule has 0 saturated carbocycles. The number of imidazole rings is 1. The average molecular weight is 402 g/mol. The zero-order chi connectivity index (χ0) is 20.5. The van der Waals surface area contributed by atoms with Gasteiger partial charge in [-0.25, -0.2) is 4.98 Å². The van der Waals surface area contributed by atoms with Gasteiger partial charge in [0.2, 0.25) is 0 Å². The summed E-state index contributed by atoms with van der Waals surface area (Å²) in [6, 6.07) is 5.55. The normalized spacial score (nSPS) is 11.1. The van der Waals surface area contributed by atoms with Crippen LogP contribution in [0.1, 0.15) is 39.0 Å². The molecule has 0 radical (unpaired) electrons. The van der Waals surface area contributed by atoms with E-state index in [0.717, 1.165) is 6.42 Å². The lowest BCUT2D eigenvalue weighted by molar-refractivity contribution is -0.138.